The summed E-state index contributed by atoms with van der Waals surface area (Å²) in [6.45, 7) is 6.52. The van der Waals surface area contributed by atoms with Crippen LogP contribution in [0.3, 0.4) is 0 Å². The SMILES string of the molecule is CC(C)Cc1ccc(C(C)NC(=O)c2cccnc2SCC(=O)Nc2ccc3c(c2)OCO3)cc1. The molecular formula is C27H29N3O4S. The highest BCUT2D eigenvalue weighted by Gasteiger charge is 2.18. The number of nitrogens with zero attached hydrogens (tertiary/aromatic N) is 1. The summed E-state index contributed by atoms with van der Waals surface area (Å²) in [6.07, 6.45) is 2.64. The minimum Gasteiger partial charge on any atom is -0.454 e. The first kappa shape index (κ1) is 24.6. The largest absolute Gasteiger partial charge is 0.454 e. The fraction of sp³-hybridized carbons (Fsp3) is 0.296. The predicted octanol–water partition coefficient (Wildman–Crippen LogP) is 5.23. The maximum absolute atomic E-state index is 13.0. The summed E-state index contributed by atoms with van der Waals surface area (Å²) in [6, 6.07) is 16.9. The third-order valence-electron chi connectivity index (χ3n) is 5.48. The molecule has 0 saturated carbocycles. The van der Waals surface area contributed by atoms with E-state index in [-0.39, 0.29) is 30.4 Å². The van der Waals surface area contributed by atoms with Crippen molar-refractivity contribution in [3.05, 3.63) is 77.5 Å². The molecule has 0 radical (unpaired) electrons. The first-order valence-corrected chi connectivity index (χ1v) is 12.5. The maximum atomic E-state index is 13.0. The Morgan fingerprint density at radius 1 is 1.03 bits per heavy atom. The van der Waals surface area contributed by atoms with E-state index in [1.54, 1.807) is 36.5 Å². The summed E-state index contributed by atoms with van der Waals surface area (Å²) >= 11 is 1.22. The topological polar surface area (TPSA) is 89.6 Å². The normalized spacial score (nSPS) is 12.9. The highest BCUT2D eigenvalue weighted by Crippen LogP contribution is 2.34. The molecule has 0 spiro atoms. The Morgan fingerprint density at radius 2 is 1.80 bits per heavy atom. The zero-order chi connectivity index (χ0) is 24.8. The van der Waals surface area contributed by atoms with Crippen LogP contribution >= 0.6 is 11.8 Å². The van der Waals surface area contributed by atoms with Gasteiger partial charge in [0.25, 0.3) is 5.91 Å². The van der Waals surface area contributed by atoms with Gasteiger partial charge in [0, 0.05) is 18.0 Å². The zero-order valence-electron chi connectivity index (χ0n) is 20.0. The van der Waals surface area contributed by atoms with Crippen LogP contribution in [0.2, 0.25) is 0 Å². The molecule has 3 aromatic rings. The average Bonchev–Trinajstić information content (AvgIpc) is 3.31. The van der Waals surface area contributed by atoms with Crippen LogP contribution in [0.5, 0.6) is 11.5 Å². The lowest BCUT2D eigenvalue weighted by molar-refractivity contribution is -0.113. The zero-order valence-corrected chi connectivity index (χ0v) is 20.9. The Kier molecular flexibility index (Phi) is 7.92. The van der Waals surface area contributed by atoms with Crippen molar-refractivity contribution in [3.63, 3.8) is 0 Å². The molecule has 182 valence electrons. The van der Waals surface area contributed by atoms with E-state index in [0.717, 1.165) is 12.0 Å². The van der Waals surface area contributed by atoms with E-state index in [0.29, 0.717) is 33.7 Å². The van der Waals surface area contributed by atoms with E-state index < -0.39 is 0 Å². The first-order chi connectivity index (χ1) is 16.9. The van der Waals surface area contributed by atoms with Gasteiger partial charge in [-0.25, -0.2) is 4.98 Å². The number of thioether (sulfide) groups is 1. The molecule has 2 heterocycles. The van der Waals surface area contributed by atoms with E-state index in [1.807, 2.05) is 6.92 Å². The average molecular weight is 492 g/mol. The van der Waals surface area contributed by atoms with E-state index in [4.69, 9.17) is 9.47 Å². The number of hydrogen-bond donors (Lipinski definition) is 2. The molecule has 1 aliphatic heterocycles. The number of carbonyl (C=O) groups excluding carboxylic acids is 2. The van der Waals surface area contributed by atoms with E-state index in [1.165, 1.54) is 17.3 Å². The fourth-order valence-corrected chi connectivity index (χ4v) is 4.55. The summed E-state index contributed by atoms with van der Waals surface area (Å²) in [4.78, 5) is 29.8. The number of nitrogens with one attached hydrogen (secondary N) is 2. The molecule has 1 aliphatic rings. The molecule has 35 heavy (non-hydrogen) atoms. The Morgan fingerprint density at radius 3 is 2.57 bits per heavy atom. The number of aromatic nitrogens is 1. The van der Waals surface area contributed by atoms with Crippen LogP contribution in [0.4, 0.5) is 5.69 Å². The van der Waals surface area contributed by atoms with Gasteiger partial charge in [-0.3, -0.25) is 9.59 Å². The molecule has 8 heteroatoms. The number of pyridine rings is 1. The summed E-state index contributed by atoms with van der Waals surface area (Å²) < 4.78 is 10.6. The number of anilines is 1. The lowest BCUT2D eigenvalue weighted by Crippen LogP contribution is -2.27. The molecule has 7 nitrogen and oxygen atoms in total. The molecular weight excluding hydrogens is 462 g/mol. The van der Waals surface area contributed by atoms with Gasteiger partial charge in [-0.05, 0) is 54.7 Å². The molecule has 1 aromatic heterocycles. The van der Waals surface area contributed by atoms with Crippen molar-refractivity contribution in [1.82, 2.24) is 10.3 Å². The third kappa shape index (κ3) is 6.54. The van der Waals surface area contributed by atoms with Gasteiger partial charge in [-0.2, -0.15) is 0 Å². The number of ether oxygens (including phenoxy) is 2. The minimum atomic E-state index is -0.226. The Hall–Kier alpha value is -3.52. The van der Waals surface area contributed by atoms with Crippen LogP contribution in [-0.2, 0) is 11.2 Å². The van der Waals surface area contributed by atoms with Gasteiger partial charge in [0.05, 0.1) is 17.4 Å². The molecule has 1 atom stereocenters. The van der Waals surface area contributed by atoms with Crippen LogP contribution in [0.15, 0.2) is 65.8 Å². The highest BCUT2D eigenvalue weighted by atomic mass is 32.2. The molecule has 2 N–H and O–H groups in total. The van der Waals surface area contributed by atoms with Gasteiger partial charge >= 0.3 is 0 Å². The highest BCUT2D eigenvalue weighted by molar-refractivity contribution is 8.00. The molecule has 0 fully saturated rings. The number of benzene rings is 2. The maximum Gasteiger partial charge on any atom is 0.254 e. The lowest BCUT2D eigenvalue weighted by Gasteiger charge is -2.16. The fourth-order valence-electron chi connectivity index (χ4n) is 3.76. The Bertz CT molecular complexity index is 1200. The quantitative estimate of drug-likeness (QED) is 0.399. The van der Waals surface area contributed by atoms with Gasteiger partial charge in [0.2, 0.25) is 12.7 Å². The summed E-state index contributed by atoms with van der Waals surface area (Å²) in [5, 5.41) is 6.39. The Balaban J connectivity index is 1.34. The summed E-state index contributed by atoms with van der Waals surface area (Å²) in [5.74, 6) is 1.53. The van der Waals surface area contributed by atoms with Gasteiger partial charge in [0.15, 0.2) is 11.5 Å². The number of rotatable bonds is 9. The number of carbonyl (C=O) groups is 2. The van der Waals surface area contributed by atoms with Crippen molar-refractivity contribution < 1.29 is 19.1 Å². The second-order valence-corrected chi connectivity index (χ2v) is 9.76. The van der Waals surface area contributed by atoms with Gasteiger partial charge in [-0.1, -0.05) is 49.9 Å². The van der Waals surface area contributed by atoms with Gasteiger partial charge < -0.3 is 20.1 Å². The molecule has 0 bridgehead atoms. The van der Waals surface area contributed by atoms with Crippen LogP contribution in [0, 0.1) is 5.92 Å². The van der Waals surface area contributed by atoms with Crippen molar-refractivity contribution in [3.8, 4) is 11.5 Å². The van der Waals surface area contributed by atoms with Crippen LogP contribution in [0.1, 0.15) is 48.3 Å². The first-order valence-electron chi connectivity index (χ1n) is 11.6. The Labute approximate surface area is 209 Å². The summed E-state index contributed by atoms with van der Waals surface area (Å²) in [7, 11) is 0. The van der Waals surface area contributed by atoms with Crippen LogP contribution in [0.25, 0.3) is 0 Å². The number of amides is 2. The predicted molar refractivity (Wildman–Crippen MR) is 137 cm³/mol. The van der Waals surface area contributed by atoms with Crippen LogP contribution in [-0.4, -0.2) is 29.3 Å². The van der Waals surface area contributed by atoms with E-state index in [2.05, 4.69) is 53.7 Å². The van der Waals surface area contributed by atoms with Crippen molar-refractivity contribution in [2.45, 2.75) is 38.3 Å². The minimum absolute atomic E-state index is 0.110. The van der Waals surface area contributed by atoms with Gasteiger partial charge in [-0.15, -0.1) is 0 Å². The molecule has 0 aliphatic carbocycles. The van der Waals surface area contributed by atoms with E-state index >= 15 is 0 Å². The molecule has 4 rings (SSSR count). The van der Waals surface area contributed by atoms with Crippen LogP contribution < -0.4 is 20.1 Å². The summed E-state index contributed by atoms with van der Waals surface area (Å²) in [5.41, 5.74) is 3.38. The van der Waals surface area contributed by atoms with Crippen molar-refractivity contribution in [2.75, 3.05) is 17.9 Å². The second kappa shape index (κ2) is 11.3. The van der Waals surface area contributed by atoms with Gasteiger partial charge in [0.1, 0.15) is 5.03 Å². The van der Waals surface area contributed by atoms with Crippen molar-refractivity contribution >= 4 is 29.3 Å². The standard InChI is InChI=1S/C27H29N3O4S/c1-17(2)13-19-6-8-20(9-7-19)18(3)29-26(32)22-5-4-12-28-27(22)35-15-25(31)30-21-10-11-23-24(14-21)34-16-33-23/h4-12,14,17-18H,13,15-16H2,1-3H3,(H,29,32)(H,30,31). The monoisotopic (exact) mass is 491 g/mol. The van der Waals surface area contributed by atoms with Crippen molar-refractivity contribution in [1.29, 1.82) is 0 Å². The lowest BCUT2D eigenvalue weighted by atomic mass is 10.00. The number of fused-ring (bicyclic) bond motifs is 1. The molecule has 1 unspecified atom stereocenters. The molecule has 2 aromatic carbocycles. The van der Waals surface area contributed by atoms with E-state index in [9.17, 15) is 9.59 Å². The number of hydrogen-bond acceptors (Lipinski definition) is 6. The third-order valence-corrected chi connectivity index (χ3v) is 6.49. The molecule has 2 amide bonds. The molecule has 0 saturated heterocycles. The van der Waals surface area contributed by atoms with Crippen molar-refractivity contribution in [2.24, 2.45) is 5.92 Å². The second-order valence-electron chi connectivity index (χ2n) is 8.80. The smallest absolute Gasteiger partial charge is 0.254 e.